The molecule has 1 aromatic carbocycles. The number of carboxylic acid groups (broad SMARTS) is 1. The molecule has 0 saturated carbocycles. The van der Waals surface area contributed by atoms with Crippen LogP contribution in [0.15, 0.2) is 29.4 Å². The van der Waals surface area contributed by atoms with E-state index in [4.69, 9.17) is 9.84 Å². The molecule has 7 heteroatoms. The third-order valence-electron chi connectivity index (χ3n) is 2.94. The van der Waals surface area contributed by atoms with Crippen LogP contribution < -0.4 is 4.74 Å². The van der Waals surface area contributed by atoms with Gasteiger partial charge in [-0.2, -0.15) is 0 Å². The number of hydrogen-bond acceptors (Lipinski definition) is 5. The van der Waals surface area contributed by atoms with E-state index in [-0.39, 0.29) is 6.61 Å². The Morgan fingerprint density at radius 1 is 1.38 bits per heavy atom. The Kier molecular flexibility index (Phi) is 4.85. The fourth-order valence-corrected chi connectivity index (χ4v) is 2.33. The van der Waals surface area contributed by atoms with Gasteiger partial charge in [0.15, 0.2) is 11.0 Å². The topological polar surface area (TPSA) is 77.2 Å². The van der Waals surface area contributed by atoms with Gasteiger partial charge in [-0.15, -0.1) is 10.2 Å². The Balaban J connectivity index is 2.00. The van der Waals surface area contributed by atoms with Crippen molar-refractivity contribution in [2.24, 2.45) is 7.05 Å². The highest BCUT2D eigenvalue weighted by Gasteiger charge is 2.17. The van der Waals surface area contributed by atoms with Crippen LogP contribution in [0, 0.1) is 6.92 Å². The molecule has 0 amide bonds. The molecule has 2 rings (SSSR count). The molecule has 0 aliphatic rings. The summed E-state index contributed by atoms with van der Waals surface area (Å²) >= 11 is 1.16. The molecule has 1 aromatic heterocycles. The number of aromatic nitrogens is 3. The summed E-state index contributed by atoms with van der Waals surface area (Å²) in [6.45, 7) is 3.91. The van der Waals surface area contributed by atoms with E-state index in [2.05, 4.69) is 10.2 Å². The zero-order valence-electron chi connectivity index (χ0n) is 12.1. The summed E-state index contributed by atoms with van der Waals surface area (Å²) in [7, 11) is 1.80. The van der Waals surface area contributed by atoms with Crippen molar-refractivity contribution in [1.29, 1.82) is 0 Å². The second-order valence-electron chi connectivity index (χ2n) is 4.66. The molecule has 112 valence electrons. The van der Waals surface area contributed by atoms with Gasteiger partial charge in [0.25, 0.3) is 0 Å². The number of aliphatic carboxylic acids is 1. The number of carbonyl (C=O) groups is 1. The molecule has 1 atom stereocenters. The van der Waals surface area contributed by atoms with Gasteiger partial charge in [0, 0.05) is 7.05 Å². The second-order valence-corrected chi connectivity index (χ2v) is 5.97. The maximum absolute atomic E-state index is 10.9. The van der Waals surface area contributed by atoms with Gasteiger partial charge in [0.05, 0.1) is 0 Å². The first kappa shape index (κ1) is 15.4. The van der Waals surface area contributed by atoms with Gasteiger partial charge in [-0.3, -0.25) is 4.79 Å². The Labute approximate surface area is 127 Å². The molecule has 1 N–H and O–H groups in total. The lowest BCUT2D eigenvalue weighted by Gasteiger charge is -2.08. The van der Waals surface area contributed by atoms with Crippen molar-refractivity contribution >= 4 is 17.7 Å². The minimum Gasteiger partial charge on any atom is -0.486 e. The predicted molar refractivity (Wildman–Crippen MR) is 79.5 cm³/mol. The second kappa shape index (κ2) is 6.62. The fraction of sp³-hybridized carbons (Fsp3) is 0.357. The molecule has 0 radical (unpaired) electrons. The van der Waals surface area contributed by atoms with Crippen molar-refractivity contribution in [2.45, 2.75) is 30.9 Å². The van der Waals surface area contributed by atoms with Gasteiger partial charge >= 0.3 is 5.97 Å². The van der Waals surface area contributed by atoms with E-state index in [1.807, 2.05) is 31.2 Å². The molecule has 0 spiro atoms. The lowest BCUT2D eigenvalue weighted by atomic mass is 10.2. The molecular formula is C14H17N3O3S. The van der Waals surface area contributed by atoms with Crippen LogP contribution in [0.2, 0.25) is 0 Å². The van der Waals surface area contributed by atoms with Gasteiger partial charge in [0.2, 0.25) is 0 Å². The van der Waals surface area contributed by atoms with Gasteiger partial charge in [-0.05, 0) is 26.0 Å². The standard InChI is InChI=1S/C14H17N3O3S/c1-9-4-6-11(7-5-9)20-8-12-15-16-14(17(12)3)21-10(2)13(18)19/h4-7,10H,8H2,1-3H3,(H,18,19)/t10-/m1/s1. The third-order valence-corrected chi connectivity index (χ3v) is 4.07. The van der Waals surface area contributed by atoms with E-state index in [9.17, 15) is 4.79 Å². The van der Waals surface area contributed by atoms with Crippen molar-refractivity contribution in [3.05, 3.63) is 35.7 Å². The van der Waals surface area contributed by atoms with Gasteiger partial charge < -0.3 is 14.4 Å². The summed E-state index contributed by atoms with van der Waals surface area (Å²) in [6, 6.07) is 7.74. The minimum atomic E-state index is -0.875. The smallest absolute Gasteiger partial charge is 0.316 e. The van der Waals surface area contributed by atoms with Crippen LogP contribution in [0.25, 0.3) is 0 Å². The first-order chi connectivity index (χ1) is 9.97. The molecule has 0 aliphatic heterocycles. The van der Waals surface area contributed by atoms with Crippen molar-refractivity contribution in [1.82, 2.24) is 14.8 Å². The quantitative estimate of drug-likeness (QED) is 0.825. The number of aryl methyl sites for hydroxylation is 1. The summed E-state index contributed by atoms with van der Waals surface area (Å²) in [5.41, 5.74) is 1.17. The van der Waals surface area contributed by atoms with Gasteiger partial charge in [-0.1, -0.05) is 29.5 Å². The van der Waals surface area contributed by atoms with E-state index >= 15 is 0 Å². The summed E-state index contributed by atoms with van der Waals surface area (Å²) < 4.78 is 7.39. The number of nitrogens with zero attached hydrogens (tertiary/aromatic N) is 3. The maximum Gasteiger partial charge on any atom is 0.316 e. The van der Waals surface area contributed by atoms with Crippen LogP contribution in [0.5, 0.6) is 5.75 Å². The van der Waals surface area contributed by atoms with E-state index < -0.39 is 11.2 Å². The molecule has 21 heavy (non-hydrogen) atoms. The van der Waals surface area contributed by atoms with Gasteiger partial charge in [0.1, 0.15) is 17.6 Å². The van der Waals surface area contributed by atoms with Crippen LogP contribution in [-0.2, 0) is 18.4 Å². The predicted octanol–water partition coefficient (Wildman–Crippen LogP) is 2.27. The first-order valence-electron chi connectivity index (χ1n) is 6.44. The molecule has 6 nitrogen and oxygen atoms in total. The molecule has 0 unspecified atom stereocenters. The number of rotatable bonds is 6. The Morgan fingerprint density at radius 3 is 2.67 bits per heavy atom. The molecule has 0 aliphatic carbocycles. The van der Waals surface area contributed by atoms with Crippen molar-refractivity contribution in [3.63, 3.8) is 0 Å². The highest BCUT2D eigenvalue weighted by atomic mass is 32.2. The van der Waals surface area contributed by atoms with Crippen LogP contribution in [0.1, 0.15) is 18.3 Å². The Bertz CT molecular complexity index is 625. The van der Waals surface area contributed by atoms with Crippen molar-refractivity contribution in [3.8, 4) is 5.75 Å². The average molecular weight is 307 g/mol. The zero-order valence-corrected chi connectivity index (χ0v) is 12.9. The van der Waals surface area contributed by atoms with Crippen LogP contribution in [0.4, 0.5) is 0 Å². The first-order valence-corrected chi connectivity index (χ1v) is 7.32. The van der Waals surface area contributed by atoms with E-state index in [0.717, 1.165) is 17.5 Å². The number of hydrogen-bond donors (Lipinski definition) is 1. The highest BCUT2D eigenvalue weighted by molar-refractivity contribution is 8.00. The largest absolute Gasteiger partial charge is 0.486 e. The van der Waals surface area contributed by atoms with Crippen molar-refractivity contribution in [2.75, 3.05) is 0 Å². The van der Waals surface area contributed by atoms with E-state index in [0.29, 0.717) is 11.0 Å². The van der Waals surface area contributed by atoms with Crippen LogP contribution in [0.3, 0.4) is 0 Å². The Morgan fingerprint density at radius 2 is 2.05 bits per heavy atom. The zero-order chi connectivity index (χ0) is 15.4. The number of thioether (sulfide) groups is 1. The van der Waals surface area contributed by atoms with Crippen LogP contribution in [-0.4, -0.2) is 31.1 Å². The molecule has 0 fully saturated rings. The monoisotopic (exact) mass is 307 g/mol. The van der Waals surface area contributed by atoms with Gasteiger partial charge in [-0.25, -0.2) is 0 Å². The maximum atomic E-state index is 10.9. The third kappa shape index (κ3) is 3.98. The average Bonchev–Trinajstić information content (AvgIpc) is 2.79. The minimum absolute atomic E-state index is 0.286. The Hall–Kier alpha value is -2.02. The summed E-state index contributed by atoms with van der Waals surface area (Å²) in [6.07, 6.45) is 0. The normalized spacial score (nSPS) is 12.1. The van der Waals surface area contributed by atoms with Crippen molar-refractivity contribution < 1.29 is 14.6 Å². The molecular weight excluding hydrogens is 290 g/mol. The van der Waals surface area contributed by atoms with Crippen LogP contribution >= 0.6 is 11.8 Å². The fourth-order valence-electron chi connectivity index (χ4n) is 1.56. The molecule has 2 aromatic rings. The van der Waals surface area contributed by atoms with E-state index in [1.54, 1.807) is 18.5 Å². The summed E-state index contributed by atoms with van der Waals surface area (Å²) in [5, 5.41) is 16.9. The molecule has 1 heterocycles. The molecule has 0 saturated heterocycles. The number of ether oxygens (including phenoxy) is 1. The summed E-state index contributed by atoms with van der Waals surface area (Å²) in [4.78, 5) is 10.9. The molecule has 0 bridgehead atoms. The highest BCUT2D eigenvalue weighted by Crippen LogP contribution is 2.22. The summed E-state index contributed by atoms with van der Waals surface area (Å²) in [5.74, 6) is 0.535. The number of carboxylic acids is 1. The number of benzene rings is 1. The lowest BCUT2D eigenvalue weighted by Crippen LogP contribution is -2.12. The SMILES string of the molecule is Cc1ccc(OCc2nnc(S[C@H](C)C(=O)O)n2C)cc1. The van der Waals surface area contributed by atoms with E-state index in [1.165, 1.54) is 5.56 Å². The lowest BCUT2D eigenvalue weighted by molar-refractivity contribution is -0.136.